The van der Waals surface area contributed by atoms with E-state index in [4.69, 9.17) is 35.5 Å². The van der Waals surface area contributed by atoms with Crippen molar-refractivity contribution < 1.29 is 33.3 Å². The van der Waals surface area contributed by atoms with Crippen LogP contribution in [0.1, 0.15) is 125 Å². The highest BCUT2D eigenvalue weighted by molar-refractivity contribution is 6.31. The van der Waals surface area contributed by atoms with Crippen molar-refractivity contribution in [3.63, 3.8) is 0 Å². The Hall–Kier alpha value is -6.29. The number of piperidine rings is 1. The highest BCUT2D eigenvalue weighted by Gasteiger charge is 2.64. The smallest absolute Gasteiger partial charge is 0.254 e. The lowest BCUT2D eigenvalue weighted by molar-refractivity contribution is -0.164. The highest BCUT2D eigenvalue weighted by Crippen LogP contribution is 2.55. The Labute approximate surface area is 433 Å². The fraction of sp³-hybridized carbons (Fsp3) is 0.556. The molecule has 4 aromatic rings. The van der Waals surface area contributed by atoms with Gasteiger partial charge in [-0.25, -0.2) is 15.0 Å². The first-order valence-electron chi connectivity index (χ1n) is 25.7. The largest absolute Gasteiger partial charge is 0.495 e. The number of likely N-dealkylation sites (N-methyl/N-ethyl adjacent to an activating group) is 1. The second-order valence-corrected chi connectivity index (χ2v) is 21.1. The summed E-state index contributed by atoms with van der Waals surface area (Å²) in [5.74, 6) is 2.42. The number of halogens is 1. The number of nitrogens with zero attached hydrogens (tertiary/aromatic N) is 8. The van der Waals surface area contributed by atoms with Crippen LogP contribution in [0.15, 0.2) is 55.0 Å². The lowest BCUT2D eigenvalue weighted by atomic mass is 9.49. The standard InChI is InChI=1S/C54H70ClN11O7/c1-8-42-48(69)64(6)43-33-58-51(62-45(43)66(42)37-14-9-10-15-37)61-41-19-17-34(28-44(41)70-7)46(67)57-22-13-26-71-25-11-12-27-72-38-20-23-65(24-21-38)52-59-31-36(32-60-52)47(68)63-49-53(2,3)50(54(49,4)5)73-39-18-16-35(30-56)40(55)29-39/h16-19,28-29,31-33,37-38,42,49-50H,8-15,20-27H2,1-7H3,(H,57,67)(H,63,68)(H,58,61,62)/t42-,49?,50?/m1/s1. The summed E-state index contributed by atoms with van der Waals surface area (Å²) in [6.45, 7) is 14.1. The number of methoxy groups -OCH3 is 1. The fourth-order valence-corrected chi connectivity index (χ4v) is 11.5. The van der Waals surface area contributed by atoms with Gasteiger partial charge < -0.3 is 49.6 Å². The zero-order valence-electron chi connectivity index (χ0n) is 43.2. The van der Waals surface area contributed by atoms with Gasteiger partial charge in [0.25, 0.3) is 11.8 Å². The van der Waals surface area contributed by atoms with Gasteiger partial charge in [-0.2, -0.15) is 10.2 Å². The number of amides is 3. The Kier molecular flexibility index (Phi) is 16.9. The summed E-state index contributed by atoms with van der Waals surface area (Å²) in [6, 6.07) is 12.2. The van der Waals surface area contributed by atoms with E-state index in [2.05, 4.69) is 74.5 Å². The highest BCUT2D eigenvalue weighted by atomic mass is 35.5. The summed E-state index contributed by atoms with van der Waals surface area (Å²) in [6.07, 6.45) is 14.0. The van der Waals surface area contributed by atoms with E-state index in [1.54, 1.807) is 74.0 Å². The van der Waals surface area contributed by atoms with Crippen molar-refractivity contribution >= 4 is 58.4 Å². The number of hydrogen-bond acceptors (Lipinski definition) is 15. The number of carbonyl (C=O) groups excluding carboxylic acids is 3. The van der Waals surface area contributed by atoms with Gasteiger partial charge in [0.05, 0.1) is 41.2 Å². The summed E-state index contributed by atoms with van der Waals surface area (Å²) in [5.41, 5.74) is 1.79. The minimum absolute atomic E-state index is 0.0661. The van der Waals surface area contributed by atoms with Crippen LogP contribution in [0.3, 0.4) is 0 Å². The monoisotopic (exact) mass is 1020 g/mol. The molecule has 19 heteroatoms. The minimum Gasteiger partial charge on any atom is -0.495 e. The number of unbranched alkanes of at least 4 members (excludes halogenated alkanes) is 1. The first kappa shape index (κ1) is 53.0. The quantitative estimate of drug-likeness (QED) is 0.0671. The SMILES string of the molecule is CC[C@@H]1C(=O)N(C)c2cnc(Nc3ccc(C(=O)NCCCOCCCCOC4CCN(c5ncc(C(=O)NC6C(C)(C)C(Oc7ccc(C#N)c(Cl)c7)C6(C)C)cn5)CC4)cc3OC)nc2N1C1CCCC1. The van der Waals surface area contributed by atoms with Gasteiger partial charge in [-0.05, 0) is 81.7 Å². The first-order chi connectivity index (χ1) is 35.1. The van der Waals surface area contributed by atoms with Gasteiger partial charge in [0.15, 0.2) is 5.82 Å². The van der Waals surface area contributed by atoms with Crippen LogP contribution < -0.4 is 40.1 Å². The number of benzene rings is 2. The third-order valence-corrected chi connectivity index (χ3v) is 15.3. The maximum atomic E-state index is 13.4. The molecular weight excluding hydrogens is 950 g/mol. The van der Waals surface area contributed by atoms with E-state index in [1.165, 1.54) is 0 Å². The summed E-state index contributed by atoms with van der Waals surface area (Å²) in [7, 11) is 3.34. The molecule has 0 spiro atoms. The van der Waals surface area contributed by atoms with Crippen molar-refractivity contribution in [2.24, 2.45) is 10.8 Å². The maximum absolute atomic E-state index is 13.4. The van der Waals surface area contributed by atoms with Gasteiger partial charge in [0.2, 0.25) is 17.8 Å². The molecule has 2 saturated carbocycles. The normalized spacial score (nSPS) is 20.5. The van der Waals surface area contributed by atoms with Gasteiger partial charge in [-0.1, -0.05) is 59.1 Å². The van der Waals surface area contributed by atoms with E-state index >= 15 is 0 Å². The molecule has 390 valence electrons. The van der Waals surface area contributed by atoms with Crippen LogP contribution in [-0.4, -0.2) is 122 Å². The number of nitriles is 1. The van der Waals surface area contributed by atoms with E-state index in [0.717, 1.165) is 70.3 Å². The first-order valence-corrected chi connectivity index (χ1v) is 26.1. The number of anilines is 5. The van der Waals surface area contributed by atoms with Crippen molar-refractivity contribution in [2.45, 2.75) is 129 Å². The van der Waals surface area contributed by atoms with Crippen molar-refractivity contribution in [3.05, 3.63) is 76.7 Å². The average Bonchev–Trinajstić information content (AvgIpc) is 3.93. The lowest BCUT2D eigenvalue weighted by Gasteiger charge is -2.63. The molecule has 18 nitrogen and oxygen atoms in total. The Bertz CT molecular complexity index is 2620. The molecule has 2 aliphatic heterocycles. The summed E-state index contributed by atoms with van der Waals surface area (Å²) < 4.78 is 24.1. The molecule has 8 rings (SSSR count). The maximum Gasteiger partial charge on any atom is 0.254 e. The van der Waals surface area contributed by atoms with Gasteiger partial charge in [0.1, 0.15) is 35.4 Å². The van der Waals surface area contributed by atoms with Crippen molar-refractivity contribution in [1.82, 2.24) is 30.6 Å². The number of hydrogen-bond donors (Lipinski definition) is 3. The number of carbonyl (C=O) groups is 3. The third kappa shape index (κ3) is 11.7. The Morgan fingerprint density at radius 3 is 2.29 bits per heavy atom. The molecule has 3 fully saturated rings. The lowest BCUT2D eigenvalue weighted by Crippen LogP contribution is -2.74. The van der Waals surface area contributed by atoms with E-state index in [-0.39, 0.29) is 58.9 Å². The topological polar surface area (TPSA) is 209 Å². The molecule has 1 atom stereocenters. The van der Waals surface area contributed by atoms with Gasteiger partial charge in [-0.15, -0.1) is 0 Å². The summed E-state index contributed by atoms with van der Waals surface area (Å²) in [5, 5.41) is 19.0. The molecule has 0 radical (unpaired) electrons. The molecule has 4 aliphatic rings. The number of rotatable bonds is 21. The van der Waals surface area contributed by atoms with Crippen LogP contribution in [0.2, 0.25) is 5.02 Å². The molecule has 2 aromatic heterocycles. The number of fused-ring (bicyclic) bond motifs is 1. The molecule has 73 heavy (non-hydrogen) atoms. The Morgan fingerprint density at radius 2 is 1.60 bits per heavy atom. The predicted molar refractivity (Wildman–Crippen MR) is 280 cm³/mol. The molecule has 3 N–H and O–H groups in total. The van der Waals surface area contributed by atoms with E-state index in [0.29, 0.717) is 95.7 Å². The minimum atomic E-state index is -0.390. The van der Waals surface area contributed by atoms with E-state index in [1.807, 2.05) is 6.92 Å². The Balaban J connectivity index is 0.688. The second-order valence-electron chi connectivity index (χ2n) is 20.7. The summed E-state index contributed by atoms with van der Waals surface area (Å²) in [4.78, 5) is 64.4. The van der Waals surface area contributed by atoms with Crippen LogP contribution in [-0.2, 0) is 14.3 Å². The van der Waals surface area contributed by atoms with Crippen molar-refractivity contribution in [2.75, 3.05) is 73.6 Å². The average molecular weight is 1020 g/mol. The molecule has 0 bridgehead atoms. The van der Waals surface area contributed by atoms with Crippen LogP contribution >= 0.6 is 11.6 Å². The Morgan fingerprint density at radius 1 is 0.890 bits per heavy atom. The van der Waals surface area contributed by atoms with Crippen LogP contribution in [0, 0.1) is 22.2 Å². The van der Waals surface area contributed by atoms with Crippen LogP contribution in [0.5, 0.6) is 11.5 Å². The second kappa shape index (κ2) is 23.3. The number of nitrogens with one attached hydrogen (secondary N) is 3. The van der Waals surface area contributed by atoms with Crippen molar-refractivity contribution in [1.29, 1.82) is 5.26 Å². The number of ether oxygens (including phenoxy) is 4. The molecule has 4 heterocycles. The summed E-state index contributed by atoms with van der Waals surface area (Å²) >= 11 is 6.25. The molecular formula is C54H70ClN11O7. The zero-order chi connectivity index (χ0) is 51.9. The van der Waals surface area contributed by atoms with Gasteiger partial charge >= 0.3 is 0 Å². The van der Waals surface area contributed by atoms with Gasteiger partial charge in [0, 0.05) is 93.4 Å². The van der Waals surface area contributed by atoms with Gasteiger partial charge in [-0.3, -0.25) is 14.4 Å². The third-order valence-electron chi connectivity index (χ3n) is 15.0. The van der Waals surface area contributed by atoms with E-state index in [9.17, 15) is 19.6 Å². The zero-order valence-corrected chi connectivity index (χ0v) is 44.0. The fourth-order valence-electron chi connectivity index (χ4n) is 11.3. The van der Waals surface area contributed by atoms with Crippen molar-refractivity contribution in [3.8, 4) is 17.6 Å². The number of aromatic nitrogens is 4. The van der Waals surface area contributed by atoms with Crippen LogP contribution in [0.4, 0.5) is 29.1 Å². The van der Waals surface area contributed by atoms with Crippen LogP contribution in [0.25, 0.3) is 0 Å². The predicted octanol–water partition coefficient (Wildman–Crippen LogP) is 8.26. The molecule has 2 aliphatic carbocycles. The molecule has 2 aromatic carbocycles. The molecule has 3 amide bonds. The molecule has 0 unspecified atom stereocenters. The molecule has 1 saturated heterocycles. The van der Waals surface area contributed by atoms with E-state index < -0.39 is 0 Å².